The molecule has 1 fully saturated rings. The molecule has 42 heavy (non-hydrogen) atoms. The summed E-state index contributed by atoms with van der Waals surface area (Å²) < 4.78 is 5.93. The van der Waals surface area contributed by atoms with Crippen molar-refractivity contribution in [2.45, 2.75) is 84.6 Å². The molecule has 9 heteroatoms. The number of ether oxygens (including phenoxy) is 1. The molecule has 2 amide bonds. The van der Waals surface area contributed by atoms with Crippen LogP contribution < -0.4 is 15.4 Å². The highest BCUT2D eigenvalue weighted by atomic mass is 16.5. The van der Waals surface area contributed by atoms with Crippen LogP contribution in [0.2, 0.25) is 0 Å². The molecular formula is C33H44N2O7. The highest BCUT2D eigenvalue weighted by Gasteiger charge is 2.64. The van der Waals surface area contributed by atoms with Gasteiger partial charge in [0.2, 0.25) is 11.8 Å². The average Bonchev–Trinajstić information content (AvgIpc) is 2.87. The molecule has 2 aromatic rings. The van der Waals surface area contributed by atoms with Gasteiger partial charge in [-0.2, -0.15) is 0 Å². The molecule has 9 nitrogen and oxygen atoms in total. The Bertz CT molecular complexity index is 1250. The number of hydrogen-bond acceptors (Lipinski definition) is 5. The quantitative estimate of drug-likeness (QED) is 0.208. The second kappa shape index (κ2) is 13.4. The molecule has 3 rings (SSSR count). The number of anilines is 1. The van der Waals surface area contributed by atoms with Crippen LogP contribution in [0.4, 0.5) is 5.69 Å². The topological polar surface area (TPSA) is 142 Å². The Morgan fingerprint density at radius 2 is 1.21 bits per heavy atom. The summed E-state index contributed by atoms with van der Waals surface area (Å²) in [7, 11) is 0. The van der Waals surface area contributed by atoms with E-state index in [1.54, 1.807) is 24.3 Å². The predicted octanol–water partition coefficient (Wildman–Crippen LogP) is 6.23. The monoisotopic (exact) mass is 580 g/mol. The Labute approximate surface area is 248 Å². The summed E-state index contributed by atoms with van der Waals surface area (Å²) in [6.07, 6.45) is 4.59. The molecule has 2 atom stereocenters. The van der Waals surface area contributed by atoms with Crippen LogP contribution in [-0.4, -0.2) is 39.5 Å². The van der Waals surface area contributed by atoms with Crippen LogP contribution >= 0.6 is 0 Å². The molecular weight excluding hydrogens is 536 g/mol. The Morgan fingerprint density at radius 1 is 0.714 bits per heavy atom. The number of carbonyl (C=O) groups is 4. The van der Waals surface area contributed by atoms with Gasteiger partial charge in [0, 0.05) is 11.2 Å². The number of carbonyl (C=O) groups excluding carboxylic acids is 2. The summed E-state index contributed by atoms with van der Waals surface area (Å²) in [4.78, 5) is 50.5. The van der Waals surface area contributed by atoms with E-state index in [2.05, 4.69) is 43.5 Å². The molecule has 1 aliphatic rings. The molecule has 1 saturated carbocycles. The van der Waals surface area contributed by atoms with Crippen molar-refractivity contribution in [3.8, 4) is 11.5 Å². The zero-order chi connectivity index (χ0) is 31.2. The largest absolute Gasteiger partial charge is 0.481 e. The van der Waals surface area contributed by atoms with E-state index in [0.717, 1.165) is 25.7 Å². The molecule has 228 valence electrons. The van der Waals surface area contributed by atoms with Crippen molar-refractivity contribution < 1.29 is 34.1 Å². The highest BCUT2D eigenvalue weighted by Crippen LogP contribution is 2.48. The second-order valence-corrected chi connectivity index (χ2v) is 12.5. The minimum atomic E-state index is -1.46. The lowest BCUT2D eigenvalue weighted by Gasteiger charge is -2.46. The summed E-state index contributed by atoms with van der Waals surface area (Å²) in [6.45, 7) is 12.2. The molecule has 1 aliphatic carbocycles. The summed E-state index contributed by atoms with van der Waals surface area (Å²) in [5.74, 6) is -8.67. The van der Waals surface area contributed by atoms with Crippen molar-refractivity contribution in [2.75, 3.05) is 5.32 Å². The molecule has 0 saturated heterocycles. The van der Waals surface area contributed by atoms with Crippen molar-refractivity contribution in [1.29, 1.82) is 0 Å². The van der Waals surface area contributed by atoms with Gasteiger partial charge in [0.05, 0.1) is 23.7 Å². The van der Waals surface area contributed by atoms with E-state index < -0.39 is 53.0 Å². The number of aliphatic carboxylic acids is 2. The van der Waals surface area contributed by atoms with Crippen molar-refractivity contribution in [1.82, 2.24) is 5.32 Å². The van der Waals surface area contributed by atoms with Crippen LogP contribution in [0.1, 0.15) is 79.2 Å². The van der Waals surface area contributed by atoms with Crippen molar-refractivity contribution in [3.63, 3.8) is 0 Å². The van der Waals surface area contributed by atoms with Gasteiger partial charge in [0.15, 0.2) is 0 Å². The number of nitrogens with one attached hydrogen (secondary N) is 2. The van der Waals surface area contributed by atoms with Gasteiger partial charge >= 0.3 is 11.9 Å². The van der Waals surface area contributed by atoms with Crippen LogP contribution in [0.3, 0.4) is 0 Å². The van der Waals surface area contributed by atoms with Crippen molar-refractivity contribution in [3.05, 3.63) is 54.1 Å². The Hall–Kier alpha value is -3.88. The first-order valence-corrected chi connectivity index (χ1v) is 14.7. The lowest BCUT2D eigenvalue weighted by Crippen LogP contribution is -2.64. The van der Waals surface area contributed by atoms with Gasteiger partial charge < -0.3 is 25.6 Å². The molecule has 0 heterocycles. The Morgan fingerprint density at radius 3 is 1.69 bits per heavy atom. The van der Waals surface area contributed by atoms with E-state index in [-0.39, 0.29) is 5.41 Å². The molecule has 2 unspecified atom stereocenters. The van der Waals surface area contributed by atoms with Crippen LogP contribution in [0.5, 0.6) is 11.5 Å². The predicted molar refractivity (Wildman–Crippen MR) is 160 cm³/mol. The molecule has 4 N–H and O–H groups in total. The number of carboxylic acid groups (broad SMARTS) is 2. The van der Waals surface area contributed by atoms with Gasteiger partial charge in [-0.05, 0) is 74.1 Å². The van der Waals surface area contributed by atoms with E-state index >= 15 is 0 Å². The number of rotatable bonds is 14. The molecule has 0 aliphatic heterocycles. The highest BCUT2D eigenvalue weighted by molar-refractivity contribution is 6.03. The van der Waals surface area contributed by atoms with Crippen LogP contribution in [0, 0.1) is 23.7 Å². The maximum atomic E-state index is 13.2. The lowest BCUT2D eigenvalue weighted by molar-refractivity contribution is -0.180. The second-order valence-electron chi connectivity index (χ2n) is 12.5. The third-order valence-corrected chi connectivity index (χ3v) is 8.21. The number of carboxylic acids is 2. The van der Waals surface area contributed by atoms with Crippen LogP contribution in [-0.2, 0) is 24.6 Å². The van der Waals surface area contributed by atoms with Crippen LogP contribution in [0.25, 0.3) is 0 Å². The smallest absolute Gasteiger partial charge is 0.308 e. The summed E-state index contributed by atoms with van der Waals surface area (Å²) >= 11 is 0. The van der Waals surface area contributed by atoms with E-state index in [4.69, 9.17) is 4.74 Å². The number of hydrogen-bond donors (Lipinski definition) is 4. The first-order valence-electron chi connectivity index (χ1n) is 14.7. The van der Waals surface area contributed by atoms with Crippen molar-refractivity contribution >= 4 is 29.4 Å². The third-order valence-electron chi connectivity index (χ3n) is 8.21. The lowest BCUT2D eigenvalue weighted by atomic mass is 9.55. The Kier molecular flexibility index (Phi) is 10.4. The van der Waals surface area contributed by atoms with E-state index in [1.165, 1.54) is 5.56 Å². The summed E-state index contributed by atoms with van der Waals surface area (Å²) in [5, 5.41) is 25.2. The summed E-state index contributed by atoms with van der Waals surface area (Å²) in [6, 6.07) is 14.4. The van der Waals surface area contributed by atoms with E-state index in [0.29, 0.717) is 23.6 Å². The van der Waals surface area contributed by atoms with E-state index in [1.807, 2.05) is 32.9 Å². The van der Waals surface area contributed by atoms with Gasteiger partial charge in [0.25, 0.3) is 0 Å². The minimum absolute atomic E-state index is 0.0713. The van der Waals surface area contributed by atoms with Crippen molar-refractivity contribution in [2.24, 2.45) is 23.7 Å². The van der Waals surface area contributed by atoms with Gasteiger partial charge in [-0.15, -0.1) is 0 Å². The minimum Gasteiger partial charge on any atom is -0.481 e. The van der Waals surface area contributed by atoms with Gasteiger partial charge in [0.1, 0.15) is 11.5 Å². The number of amides is 2. The maximum Gasteiger partial charge on any atom is 0.308 e. The first kappa shape index (κ1) is 32.6. The molecule has 0 bridgehead atoms. The standard InChI is InChI=1S/C33H44N2O7/c1-7-9-19-33(5,6)35-29(37)25-26(30(38)39)24(27(25)31(40)41)28(36)34-21-12-16-23(17-13-21)42-22-14-10-20(11-15-22)32(3,4)18-8-2/h10-17,24-27H,7-9,18-19H2,1-6H3,(H,34,36)(H,35,37)(H,38,39)(H,40,41). The summed E-state index contributed by atoms with van der Waals surface area (Å²) in [5.41, 5.74) is 1.02. The zero-order valence-electron chi connectivity index (χ0n) is 25.4. The fraction of sp³-hybridized carbons (Fsp3) is 0.515. The molecule has 0 spiro atoms. The first-order chi connectivity index (χ1) is 19.7. The third kappa shape index (κ3) is 7.69. The zero-order valence-corrected chi connectivity index (χ0v) is 25.4. The fourth-order valence-corrected chi connectivity index (χ4v) is 5.82. The van der Waals surface area contributed by atoms with Gasteiger partial charge in [-0.1, -0.05) is 59.1 Å². The van der Waals surface area contributed by atoms with E-state index in [9.17, 15) is 29.4 Å². The molecule has 2 aromatic carbocycles. The number of benzene rings is 2. The SMILES string of the molecule is CCCCC(C)(C)NC(=O)C1C(C(=O)O)C(C(=O)Nc2ccc(Oc3ccc(C(C)(C)CCC)cc3)cc2)C1C(=O)O. The maximum absolute atomic E-state index is 13.2. The fourth-order valence-electron chi connectivity index (χ4n) is 5.82. The molecule has 0 radical (unpaired) electrons. The van der Waals surface area contributed by atoms with Gasteiger partial charge in [-0.25, -0.2) is 0 Å². The Balaban J connectivity index is 1.68. The molecule has 0 aromatic heterocycles. The van der Waals surface area contributed by atoms with Crippen LogP contribution in [0.15, 0.2) is 48.5 Å². The normalized spacial score (nSPS) is 20.2. The van der Waals surface area contributed by atoms with Gasteiger partial charge in [-0.3, -0.25) is 19.2 Å². The average molecular weight is 581 g/mol. The number of unbranched alkanes of at least 4 members (excludes halogenated alkanes) is 1.